The van der Waals surface area contributed by atoms with E-state index in [1.807, 2.05) is 42.5 Å². The van der Waals surface area contributed by atoms with E-state index in [0.29, 0.717) is 22.2 Å². The van der Waals surface area contributed by atoms with Crippen molar-refractivity contribution in [2.24, 2.45) is 0 Å². The molecule has 1 N–H and O–H groups in total. The molecular formula is C18H13N5O2. The van der Waals surface area contributed by atoms with E-state index in [-0.39, 0.29) is 12.1 Å². The van der Waals surface area contributed by atoms with Gasteiger partial charge in [0.05, 0.1) is 23.3 Å². The molecule has 2 aromatic heterocycles. The minimum absolute atomic E-state index is 0.170. The van der Waals surface area contributed by atoms with Crippen molar-refractivity contribution in [3.05, 3.63) is 72.1 Å². The molecule has 0 aliphatic heterocycles. The van der Waals surface area contributed by atoms with Crippen molar-refractivity contribution in [2.75, 3.05) is 0 Å². The van der Waals surface area contributed by atoms with Gasteiger partial charge in [-0.2, -0.15) is 4.80 Å². The summed E-state index contributed by atoms with van der Waals surface area (Å²) in [4.78, 5) is 18.1. The molecule has 0 aliphatic rings. The number of pyridine rings is 1. The quantitative estimate of drug-likeness (QED) is 0.618. The van der Waals surface area contributed by atoms with E-state index >= 15 is 0 Å². The van der Waals surface area contributed by atoms with E-state index in [4.69, 9.17) is 4.98 Å². The maximum absolute atomic E-state index is 12.1. The van der Waals surface area contributed by atoms with E-state index in [1.165, 1.54) is 11.1 Å². The number of fused-ring (bicyclic) bond motifs is 1. The molecule has 0 bridgehead atoms. The van der Waals surface area contributed by atoms with Crippen LogP contribution in [0.5, 0.6) is 0 Å². The fourth-order valence-corrected chi connectivity index (χ4v) is 2.89. The Morgan fingerprint density at radius 3 is 2.52 bits per heavy atom. The summed E-state index contributed by atoms with van der Waals surface area (Å²) in [6, 6.07) is 16.7. The standard InChI is InChI=1S/C18H13N5O2/c24-18(25)16-13-8-4-5-9-15(13)21-17(12-6-2-1-3-7-12)14(16)10-23-20-11-19-22-23/h1-9,11H,10H2,(H,24,25). The minimum atomic E-state index is -1.01. The second-order valence-electron chi connectivity index (χ2n) is 5.47. The molecule has 2 heterocycles. The van der Waals surface area contributed by atoms with Crippen LogP contribution < -0.4 is 0 Å². The summed E-state index contributed by atoms with van der Waals surface area (Å²) >= 11 is 0. The molecule has 0 fully saturated rings. The average molecular weight is 331 g/mol. The fourth-order valence-electron chi connectivity index (χ4n) is 2.89. The first kappa shape index (κ1) is 14.9. The number of hydrogen-bond donors (Lipinski definition) is 1. The first-order valence-corrected chi connectivity index (χ1v) is 7.65. The van der Waals surface area contributed by atoms with E-state index in [2.05, 4.69) is 15.4 Å². The maximum atomic E-state index is 12.1. The summed E-state index contributed by atoms with van der Waals surface area (Å²) in [5.74, 6) is -1.01. The summed E-state index contributed by atoms with van der Waals surface area (Å²) in [6.07, 6.45) is 1.32. The van der Waals surface area contributed by atoms with Crippen LogP contribution in [0, 0.1) is 0 Å². The lowest BCUT2D eigenvalue weighted by molar-refractivity contribution is 0.0697. The Hall–Kier alpha value is -3.61. The number of tetrazole rings is 1. The lowest BCUT2D eigenvalue weighted by Crippen LogP contribution is -2.13. The zero-order valence-corrected chi connectivity index (χ0v) is 13.1. The molecule has 4 aromatic rings. The fraction of sp³-hybridized carbons (Fsp3) is 0.0556. The Balaban J connectivity index is 2.06. The van der Waals surface area contributed by atoms with Gasteiger partial charge in [-0.1, -0.05) is 48.5 Å². The normalized spacial score (nSPS) is 10.9. The molecular weight excluding hydrogens is 318 g/mol. The number of aromatic carboxylic acids is 1. The maximum Gasteiger partial charge on any atom is 0.336 e. The molecule has 25 heavy (non-hydrogen) atoms. The zero-order chi connectivity index (χ0) is 17.2. The van der Waals surface area contributed by atoms with Crippen molar-refractivity contribution in [3.63, 3.8) is 0 Å². The average Bonchev–Trinajstić information content (AvgIpc) is 3.14. The Labute approximate surface area is 142 Å². The molecule has 4 rings (SSSR count). The number of benzene rings is 2. The number of nitrogens with zero attached hydrogens (tertiary/aromatic N) is 5. The van der Waals surface area contributed by atoms with Gasteiger partial charge in [-0.3, -0.25) is 0 Å². The topological polar surface area (TPSA) is 93.8 Å². The van der Waals surface area contributed by atoms with Crippen molar-refractivity contribution in [2.45, 2.75) is 6.54 Å². The van der Waals surface area contributed by atoms with Gasteiger partial charge in [-0.05, 0) is 11.3 Å². The number of para-hydroxylation sites is 1. The highest BCUT2D eigenvalue weighted by atomic mass is 16.4. The summed E-state index contributed by atoms with van der Waals surface area (Å²) in [5.41, 5.74) is 2.84. The second-order valence-corrected chi connectivity index (χ2v) is 5.47. The molecule has 0 aliphatic carbocycles. The van der Waals surface area contributed by atoms with Gasteiger partial charge in [0.15, 0.2) is 6.33 Å². The molecule has 0 amide bonds. The summed E-state index contributed by atoms with van der Waals surface area (Å²) < 4.78 is 0. The van der Waals surface area contributed by atoms with Gasteiger partial charge in [-0.15, -0.1) is 10.2 Å². The highest BCUT2D eigenvalue weighted by Gasteiger charge is 2.21. The van der Waals surface area contributed by atoms with Crippen molar-refractivity contribution in [1.29, 1.82) is 0 Å². The first-order valence-electron chi connectivity index (χ1n) is 7.65. The van der Waals surface area contributed by atoms with Crippen LogP contribution in [0.4, 0.5) is 0 Å². The van der Waals surface area contributed by atoms with Crippen LogP contribution in [0.1, 0.15) is 15.9 Å². The Kier molecular flexibility index (Phi) is 3.66. The Morgan fingerprint density at radius 1 is 1.04 bits per heavy atom. The smallest absolute Gasteiger partial charge is 0.336 e. The van der Waals surface area contributed by atoms with Gasteiger partial charge in [-0.25, -0.2) is 9.78 Å². The van der Waals surface area contributed by atoms with Gasteiger partial charge in [0.25, 0.3) is 0 Å². The number of aromatic nitrogens is 5. The monoisotopic (exact) mass is 331 g/mol. The largest absolute Gasteiger partial charge is 0.478 e. The summed E-state index contributed by atoms with van der Waals surface area (Å²) in [6.45, 7) is 0.170. The van der Waals surface area contributed by atoms with E-state index in [1.54, 1.807) is 12.1 Å². The van der Waals surface area contributed by atoms with E-state index < -0.39 is 5.97 Å². The van der Waals surface area contributed by atoms with Gasteiger partial charge in [0.2, 0.25) is 0 Å². The number of hydrogen-bond acceptors (Lipinski definition) is 5. The summed E-state index contributed by atoms with van der Waals surface area (Å²) in [7, 11) is 0. The van der Waals surface area contributed by atoms with Crippen molar-refractivity contribution >= 4 is 16.9 Å². The molecule has 7 heteroatoms. The van der Waals surface area contributed by atoms with Crippen molar-refractivity contribution in [3.8, 4) is 11.3 Å². The Morgan fingerprint density at radius 2 is 1.80 bits per heavy atom. The van der Waals surface area contributed by atoms with E-state index in [0.717, 1.165) is 5.56 Å². The van der Waals surface area contributed by atoms with Crippen LogP contribution in [-0.4, -0.2) is 36.3 Å². The predicted molar refractivity (Wildman–Crippen MR) is 91.1 cm³/mol. The van der Waals surface area contributed by atoms with Crippen molar-refractivity contribution < 1.29 is 9.90 Å². The number of rotatable bonds is 4. The molecule has 0 saturated heterocycles. The second kappa shape index (κ2) is 6.12. The molecule has 0 radical (unpaired) electrons. The lowest BCUT2D eigenvalue weighted by atomic mass is 9.96. The van der Waals surface area contributed by atoms with Gasteiger partial charge in [0, 0.05) is 16.5 Å². The predicted octanol–water partition coefficient (Wildman–Crippen LogP) is 2.63. The molecule has 0 unspecified atom stereocenters. The third-order valence-corrected chi connectivity index (χ3v) is 3.95. The zero-order valence-electron chi connectivity index (χ0n) is 13.1. The SMILES string of the molecule is O=C(O)c1c(Cn2ncnn2)c(-c2ccccc2)nc2ccccc12. The highest BCUT2D eigenvalue weighted by Crippen LogP contribution is 2.30. The molecule has 2 aromatic carbocycles. The molecule has 7 nitrogen and oxygen atoms in total. The van der Waals surface area contributed by atoms with Crippen LogP contribution >= 0.6 is 0 Å². The molecule has 122 valence electrons. The highest BCUT2D eigenvalue weighted by molar-refractivity contribution is 6.05. The van der Waals surface area contributed by atoms with E-state index in [9.17, 15) is 9.90 Å². The minimum Gasteiger partial charge on any atom is -0.478 e. The summed E-state index contributed by atoms with van der Waals surface area (Å²) in [5, 5.41) is 22.0. The van der Waals surface area contributed by atoms with Crippen LogP contribution in [0.25, 0.3) is 22.2 Å². The van der Waals surface area contributed by atoms with Crippen LogP contribution in [0.3, 0.4) is 0 Å². The third-order valence-electron chi connectivity index (χ3n) is 3.95. The van der Waals surface area contributed by atoms with Gasteiger partial charge >= 0.3 is 5.97 Å². The van der Waals surface area contributed by atoms with Gasteiger partial charge in [0.1, 0.15) is 0 Å². The van der Waals surface area contributed by atoms with Crippen molar-refractivity contribution in [1.82, 2.24) is 25.2 Å². The van der Waals surface area contributed by atoms with Crippen LogP contribution in [-0.2, 0) is 6.54 Å². The first-order chi connectivity index (χ1) is 12.2. The molecule has 0 atom stereocenters. The lowest BCUT2D eigenvalue weighted by Gasteiger charge is -2.14. The molecule has 0 saturated carbocycles. The number of carboxylic acids is 1. The third kappa shape index (κ3) is 2.72. The number of carbonyl (C=O) groups is 1. The number of carboxylic acid groups (broad SMARTS) is 1. The van der Waals surface area contributed by atoms with Gasteiger partial charge < -0.3 is 5.11 Å². The molecule has 0 spiro atoms. The Bertz CT molecular complexity index is 1050. The van der Waals surface area contributed by atoms with Crippen LogP contribution in [0.2, 0.25) is 0 Å². The van der Waals surface area contributed by atoms with Crippen LogP contribution in [0.15, 0.2) is 60.9 Å².